The minimum Gasteiger partial charge on any atom is -0.330 e. The Morgan fingerprint density at radius 1 is 2.25 bits per heavy atom. The van der Waals surface area contributed by atoms with Crippen molar-refractivity contribution in [3.8, 4) is 0 Å². The molecular weight excluding hydrogens is 50.0 g/mol. The standard InChI is InChI=1S/C3H9N/c1-2-3-4/h2-4H2,1H3/i3D2. The van der Waals surface area contributed by atoms with Gasteiger partial charge in [0.2, 0.25) is 0 Å². The molecule has 4 heavy (non-hydrogen) atoms. The van der Waals surface area contributed by atoms with E-state index in [9.17, 15) is 0 Å². The second kappa shape index (κ2) is 2.96. The average Bonchev–Trinajstić information content (AvgIpc) is 1.35. The average molecular weight is 61.1 g/mol. The van der Waals surface area contributed by atoms with E-state index in [1.54, 1.807) is 6.92 Å². The summed E-state index contributed by atoms with van der Waals surface area (Å²) in [6.45, 7) is 0.250. The Morgan fingerprint density at radius 2 is 2.50 bits per heavy atom. The highest BCUT2D eigenvalue weighted by Crippen LogP contribution is 1.57. The monoisotopic (exact) mass is 61.1 g/mol. The van der Waals surface area contributed by atoms with Crippen LogP contribution in [0.4, 0.5) is 0 Å². The van der Waals surface area contributed by atoms with Crippen LogP contribution in [-0.2, 0) is 0 Å². The Bertz CT molecular complexity index is 38.5. The van der Waals surface area contributed by atoms with Crippen molar-refractivity contribution in [2.45, 2.75) is 13.3 Å². The lowest BCUT2D eigenvalue weighted by molar-refractivity contribution is 0.932. The number of rotatable bonds is 1. The summed E-state index contributed by atoms with van der Waals surface area (Å²) in [6, 6.07) is 0. The molecular formula is C3H9N. The number of hydrogen-bond acceptors (Lipinski definition) is 1. The van der Waals surface area contributed by atoms with Crippen molar-refractivity contribution < 1.29 is 2.74 Å². The first-order chi connectivity index (χ1) is 2.56. The number of hydrogen-bond donors (Lipinski definition) is 1. The van der Waals surface area contributed by atoms with Crippen LogP contribution in [0.3, 0.4) is 0 Å². The highest BCUT2D eigenvalue weighted by Gasteiger charge is 1.55. The van der Waals surface area contributed by atoms with Gasteiger partial charge in [-0.05, 0) is 12.9 Å². The largest absolute Gasteiger partial charge is 0.330 e. The van der Waals surface area contributed by atoms with E-state index in [1.807, 2.05) is 0 Å². The Hall–Kier alpha value is -0.0400. The predicted octanol–water partition coefficient (Wildman–Crippen LogP) is 0.355. The zero-order valence-corrected chi connectivity index (χ0v) is 2.78. The second-order valence-electron chi connectivity index (χ2n) is 0.558. The molecule has 0 spiro atoms. The van der Waals surface area contributed by atoms with E-state index in [2.05, 4.69) is 0 Å². The van der Waals surface area contributed by atoms with Gasteiger partial charge in [0.05, 0.1) is 0 Å². The summed E-state index contributed by atoms with van der Waals surface area (Å²) in [6.07, 6.45) is 0.382. The van der Waals surface area contributed by atoms with Gasteiger partial charge in [0.25, 0.3) is 0 Å². The first kappa shape index (κ1) is 1.41. The summed E-state index contributed by atoms with van der Waals surface area (Å²) in [4.78, 5) is 0. The first-order valence-electron chi connectivity index (χ1n) is 2.35. The smallest absolute Gasteiger partial charge is 0.0425 e. The van der Waals surface area contributed by atoms with Crippen molar-refractivity contribution >= 4 is 0 Å². The van der Waals surface area contributed by atoms with Crippen LogP contribution in [-0.4, -0.2) is 6.50 Å². The maximum Gasteiger partial charge on any atom is 0.0425 e. The van der Waals surface area contributed by atoms with Crippen molar-refractivity contribution in [2.24, 2.45) is 5.73 Å². The summed E-state index contributed by atoms with van der Waals surface area (Å²) in [7, 11) is 0. The molecule has 0 rings (SSSR count). The summed E-state index contributed by atoms with van der Waals surface area (Å²) in [5.74, 6) is 0. The molecule has 0 radical (unpaired) electrons. The van der Waals surface area contributed by atoms with Crippen molar-refractivity contribution in [3.05, 3.63) is 0 Å². The van der Waals surface area contributed by atoms with Crippen LogP contribution in [0.1, 0.15) is 16.1 Å². The molecule has 0 aromatic rings. The molecule has 0 aliphatic carbocycles. The van der Waals surface area contributed by atoms with Gasteiger partial charge < -0.3 is 5.73 Å². The van der Waals surface area contributed by atoms with Gasteiger partial charge in [-0.3, -0.25) is 0 Å². The van der Waals surface area contributed by atoms with E-state index in [0.717, 1.165) is 0 Å². The summed E-state index contributed by atoms with van der Waals surface area (Å²) in [5.41, 5.74) is 4.87. The van der Waals surface area contributed by atoms with Gasteiger partial charge in [-0.1, -0.05) is 6.92 Å². The Kier molecular flexibility index (Phi) is 1.04. The van der Waals surface area contributed by atoms with E-state index >= 15 is 0 Å². The van der Waals surface area contributed by atoms with Gasteiger partial charge >= 0.3 is 0 Å². The van der Waals surface area contributed by atoms with Gasteiger partial charge in [0.15, 0.2) is 0 Å². The Labute approximate surface area is 29.6 Å². The molecule has 1 nitrogen and oxygen atoms in total. The van der Waals surface area contributed by atoms with Crippen LogP contribution < -0.4 is 5.73 Å². The molecule has 0 saturated carbocycles. The summed E-state index contributed by atoms with van der Waals surface area (Å²) < 4.78 is 13.2. The molecule has 0 fully saturated rings. The van der Waals surface area contributed by atoms with Gasteiger partial charge in [0, 0.05) is 2.74 Å². The number of nitrogens with two attached hydrogens (primary N) is 1. The van der Waals surface area contributed by atoms with Crippen molar-refractivity contribution in [2.75, 3.05) is 6.50 Å². The summed E-state index contributed by atoms with van der Waals surface area (Å²) >= 11 is 0. The minimum absolute atomic E-state index is 0.382. The maximum absolute atomic E-state index is 6.62. The minimum atomic E-state index is -1.46. The van der Waals surface area contributed by atoms with Crippen molar-refractivity contribution in [3.63, 3.8) is 0 Å². The SMILES string of the molecule is [2H]C([2H])(N)CC. The van der Waals surface area contributed by atoms with Gasteiger partial charge in [-0.25, -0.2) is 0 Å². The third-order valence-corrected chi connectivity index (χ3v) is 0.204. The Morgan fingerprint density at radius 3 is 2.50 bits per heavy atom. The molecule has 26 valence electrons. The maximum atomic E-state index is 6.62. The van der Waals surface area contributed by atoms with Crippen molar-refractivity contribution in [1.82, 2.24) is 0 Å². The van der Waals surface area contributed by atoms with E-state index in [-0.39, 0.29) is 0 Å². The van der Waals surface area contributed by atoms with Crippen LogP contribution in [0.5, 0.6) is 0 Å². The molecule has 1 heteroatoms. The molecule has 0 heterocycles. The summed E-state index contributed by atoms with van der Waals surface area (Å²) in [5, 5.41) is 0. The van der Waals surface area contributed by atoms with E-state index in [4.69, 9.17) is 8.48 Å². The topological polar surface area (TPSA) is 26.0 Å². The molecule has 0 aliphatic rings. The normalized spacial score (nSPS) is 18.5. The lowest BCUT2D eigenvalue weighted by Gasteiger charge is -1.70. The molecule has 0 aromatic heterocycles. The van der Waals surface area contributed by atoms with Gasteiger partial charge in [-0.2, -0.15) is 0 Å². The predicted molar refractivity (Wildman–Crippen MR) is 19.3 cm³/mol. The quantitative estimate of drug-likeness (QED) is 0.465. The molecule has 0 aromatic carbocycles. The van der Waals surface area contributed by atoms with Crippen molar-refractivity contribution in [1.29, 1.82) is 0 Å². The molecule has 0 atom stereocenters. The third kappa shape index (κ3) is 1.96. The fraction of sp³-hybridized carbons (Fsp3) is 1.00. The van der Waals surface area contributed by atoms with Crippen LogP contribution in [0.25, 0.3) is 0 Å². The van der Waals surface area contributed by atoms with Gasteiger partial charge in [-0.15, -0.1) is 0 Å². The van der Waals surface area contributed by atoms with Crippen LogP contribution in [0, 0.1) is 0 Å². The van der Waals surface area contributed by atoms with E-state index in [0.29, 0.717) is 6.42 Å². The molecule has 0 aliphatic heterocycles. The van der Waals surface area contributed by atoms with Gasteiger partial charge in [0.1, 0.15) is 0 Å². The highest BCUT2D eigenvalue weighted by molar-refractivity contribution is 4.19. The Balaban J connectivity index is 3.17. The highest BCUT2D eigenvalue weighted by atomic mass is 14.5. The second-order valence-corrected chi connectivity index (χ2v) is 0.558. The molecule has 0 amide bonds. The fourth-order valence-electron chi connectivity index (χ4n) is 0. The zero-order chi connectivity index (χ0) is 5.21. The molecule has 0 unspecified atom stereocenters. The fourth-order valence-corrected chi connectivity index (χ4v) is 0. The first-order valence-corrected chi connectivity index (χ1v) is 1.35. The van der Waals surface area contributed by atoms with E-state index in [1.165, 1.54) is 0 Å². The van der Waals surface area contributed by atoms with Crippen LogP contribution in [0.15, 0.2) is 0 Å². The third-order valence-electron chi connectivity index (χ3n) is 0.204. The lowest BCUT2D eigenvalue weighted by Crippen LogP contribution is -1.93. The lowest BCUT2D eigenvalue weighted by atomic mass is 10.5. The molecule has 2 N–H and O–H groups in total. The van der Waals surface area contributed by atoms with Crippen LogP contribution in [0.2, 0.25) is 0 Å². The van der Waals surface area contributed by atoms with Crippen LogP contribution >= 0.6 is 0 Å². The zero-order valence-electron chi connectivity index (χ0n) is 4.78. The molecule has 0 saturated heterocycles. The molecule has 0 bridgehead atoms. The van der Waals surface area contributed by atoms with E-state index < -0.39 is 6.50 Å².